The van der Waals surface area contributed by atoms with Gasteiger partial charge in [0.1, 0.15) is 5.82 Å². The zero-order valence-electron chi connectivity index (χ0n) is 17.3. The number of anilines is 1. The number of allylic oxidation sites excluding steroid dienone is 3. The van der Waals surface area contributed by atoms with Gasteiger partial charge in [-0.05, 0) is 60.7 Å². The molecule has 30 heavy (non-hydrogen) atoms. The number of nitrogens with zero attached hydrogens (tertiary/aromatic N) is 1. The smallest absolute Gasteiger partial charge is 0.254 e. The van der Waals surface area contributed by atoms with E-state index in [1.807, 2.05) is 19.1 Å². The van der Waals surface area contributed by atoms with Gasteiger partial charge in [-0.3, -0.25) is 14.6 Å². The van der Waals surface area contributed by atoms with E-state index in [0.717, 1.165) is 17.7 Å². The summed E-state index contributed by atoms with van der Waals surface area (Å²) in [6.45, 7) is 6.00. The molecule has 1 amide bonds. The minimum atomic E-state index is -0.478. The van der Waals surface area contributed by atoms with Gasteiger partial charge in [0, 0.05) is 53.0 Å². The van der Waals surface area contributed by atoms with Crippen molar-refractivity contribution in [1.82, 2.24) is 10.3 Å². The number of aromatic nitrogens is 1. The van der Waals surface area contributed by atoms with E-state index >= 15 is 0 Å². The molecule has 2 aromatic rings. The molecule has 1 aliphatic carbocycles. The molecule has 2 aliphatic rings. The molecule has 1 unspecified atom stereocenters. The number of amides is 1. The molecule has 0 radical (unpaired) electrons. The van der Waals surface area contributed by atoms with E-state index in [4.69, 9.17) is 0 Å². The minimum Gasteiger partial charge on any atom is -0.362 e. The number of hydrogen-bond acceptors (Lipinski definition) is 4. The number of ketones is 1. The van der Waals surface area contributed by atoms with Gasteiger partial charge in [0.25, 0.3) is 5.91 Å². The Bertz CT molecular complexity index is 1070. The van der Waals surface area contributed by atoms with Gasteiger partial charge in [-0.15, -0.1) is 0 Å². The number of dihydropyridines is 1. The molecule has 0 saturated heterocycles. The van der Waals surface area contributed by atoms with E-state index in [1.165, 1.54) is 24.3 Å². The number of Topliss-reactive ketones (excluding diaryl/α,β-unsaturated/α-hetero) is 1. The highest BCUT2D eigenvalue weighted by atomic mass is 19.1. The van der Waals surface area contributed by atoms with Crippen LogP contribution < -0.4 is 10.6 Å². The van der Waals surface area contributed by atoms with Gasteiger partial charge >= 0.3 is 0 Å². The van der Waals surface area contributed by atoms with Gasteiger partial charge in [0.2, 0.25) is 0 Å². The zero-order chi connectivity index (χ0) is 21.5. The second-order valence-electron chi connectivity index (χ2n) is 8.67. The molecule has 1 atom stereocenters. The van der Waals surface area contributed by atoms with Crippen molar-refractivity contribution in [3.05, 3.63) is 82.7 Å². The second-order valence-corrected chi connectivity index (χ2v) is 8.67. The molecule has 5 nitrogen and oxygen atoms in total. The lowest BCUT2D eigenvalue weighted by atomic mass is 9.68. The standard InChI is InChI=1S/C24H24FN3O2/c1-14-20(23(30)28-17-6-4-16(25)5-7-17)21(15-8-10-26-11-9-15)22-18(27-14)12-24(2,3)13-19(22)29/h4-11,21,27H,12-13H2,1-3H3,(H,28,30). The van der Waals surface area contributed by atoms with Gasteiger partial charge in [0.15, 0.2) is 5.78 Å². The molecule has 1 aromatic heterocycles. The molecular formula is C24H24FN3O2. The van der Waals surface area contributed by atoms with Gasteiger partial charge in [0.05, 0.1) is 0 Å². The van der Waals surface area contributed by atoms with Gasteiger partial charge in [-0.25, -0.2) is 4.39 Å². The number of hydrogen-bond donors (Lipinski definition) is 2. The van der Waals surface area contributed by atoms with Crippen LogP contribution in [0.15, 0.2) is 71.3 Å². The number of rotatable bonds is 3. The molecule has 0 spiro atoms. The van der Waals surface area contributed by atoms with Crippen molar-refractivity contribution in [2.75, 3.05) is 5.32 Å². The summed E-state index contributed by atoms with van der Waals surface area (Å²) >= 11 is 0. The molecule has 1 aromatic carbocycles. The van der Waals surface area contributed by atoms with E-state index in [1.54, 1.807) is 12.4 Å². The van der Waals surface area contributed by atoms with E-state index in [-0.39, 0.29) is 22.9 Å². The zero-order valence-corrected chi connectivity index (χ0v) is 17.3. The van der Waals surface area contributed by atoms with Crippen molar-refractivity contribution in [3.8, 4) is 0 Å². The Morgan fingerprint density at radius 3 is 2.47 bits per heavy atom. The Hall–Kier alpha value is -3.28. The third-order valence-electron chi connectivity index (χ3n) is 5.63. The molecule has 2 N–H and O–H groups in total. The van der Waals surface area contributed by atoms with Gasteiger partial charge in [-0.1, -0.05) is 13.8 Å². The van der Waals surface area contributed by atoms with Crippen LogP contribution in [0.1, 0.15) is 45.1 Å². The third-order valence-corrected chi connectivity index (χ3v) is 5.63. The predicted molar refractivity (Wildman–Crippen MR) is 113 cm³/mol. The molecule has 6 heteroatoms. The average Bonchev–Trinajstić information content (AvgIpc) is 2.68. The van der Waals surface area contributed by atoms with Crippen molar-refractivity contribution < 1.29 is 14.0 Å². The Morgan fingerprint density at radius 2 is 1.80 bits per heavy atom. The summed E-state index contributed by atoms with van der Waals surface area (Å²) in [5.74, 6) is -1.12. The first-order valence-electron chi connectivity index (χ1n) is 9.96. The fourth-order valence-electron chi connectivity index (χ4n) is 4.36. The lowest BCUT2D eigenvalue weighted by Gasteiger charge is -2.39. The SMILES string of the molecule is CC1=C(C(=O)Nc2ccc(F)cc2)C(c2ccncc2)C2=C(CC(C)(C)CC2=O)N1. The maximum Gasteiger partial charge on any atom is 0.254 e. The first-order chi connectivity index (χ1) is 14.2. The summed E-state index contributed by atoms with van der Waals surface area (Å²) < 4.78 is 13.2. The largest absolute Gasteiger partial charge is 0.362 e. The average molecular weight is 405 g/mol. The summed E-state index contributed by atoms with van der Waals surface area (Å²) in [7, 11) is 0. The van der Waals surface area contributed by atoms with Crippen molar-refractivity contribution in [2.24, 2.45) is 5.41 Å². The summed E-state index contributed by atoms with van der Waals surface area (Å²) in [4.78, 5) is 30.6. The van der Waals surface area contributed by atoms with Crippen LogP contribution in [-0.4, -0.2) is 16.7 Å². The monoisotopic (exact) mass is 405 g/mol. The van der Waals surface area contributed by atoms with Crippen LogP contribution in [0.25, 0.3) is 0 Å². The molecule has 0 saturated carbocycles. The van der Waals surface area contributed by atoms with E-state index in [2.05, 4.69) is 29.5 Å². The highest BCUT2D eigenvalue weighted by Gasteiger charge is 2.42. The summed E-state index contributed by atoms with van der Waals surface area (Å²) in [6, 6.07) is 9.30. The quantitative estimate of drug-likeness (QED) is 0.791. The fraction of sp³-hybridized carbons (Fsp3) is 0.292. The van der Waals surface area contributed by atoms with Crippen molar-refractivity contribution in [3.63, 3.8) is 0 Å². The van der Waals surface area contributed by atoms with Crippen molar-refractivity contribution in [1.29, 1.82) is 0 Å². The van der Waals surface area contributed by atoms with Crippen LogP contribution in [0.4, 0.5) is 10.1 Å². The van der Waals surface area contributed by atoms with Gasteiger partial charge < -0.3 is 10.6 Å². The first-order valence-corrected chi connectivity index (χ1v) is 9.96. The van der Waals surface area contributed by atoms with Crippen LogP contribution in [0.3, 0.4) is 0 Å². The van der Waals surface area contributed by atoms with Gasteiger partial charge in [-0.2, -0.15) is 0 Å². The van der Waals surface area contributed by atoms with Crippen molar-refractivity contribution in [2.45, 2.75) is 39.5 Å². The van der Waals surface area contributed by atoms with E-state index in [9.17, 15) is 14.0 Å². The first kappa shape index (κ1) is 20.0. The lowest BCUT2D eigenvalue weighted by molar-refractivity contribution is -0.118. The maximum atomic E-state index is 13.3. The highest BCUT2D eigenvalue weighted by Crippen LogP contribution is 2.46. The molecule has 0 fully saturated rings. The van der Waals surface area contributed by atoms with Crippen LogP contribution in [0, 0.1) is 11.2 Å². The van der Waals surface area contributed by atoms with Crippen LogP contribution in [0.2, 0.25) is 0 Å². The molecule has 2 heterocycles. The predicted octanol–water partition coefficient (Wildman–Crippen LogP) is 4.46. The van der Waals surface area contributed by atoms with E-state index in [0.29, 0.717) is 29.0 Å². The number of carbonyl (C=O) groups excluding carboxylic acids is 2. The van der Waals surface area contributed by atoms with Crippen molar-refractivity contribution >= 4 is 17.4 Å². The topological polar surface area (TPSA) is 71.1 Å². The summed E-state index contributed by atoms with van der Waals surface area (Å²) in [5.41, 5.74) is 3.92. The number of benzene rings is 1. The lowest BCUT2D eigenvalue weighted by Crippen LogP contribution is -2.39. The Balaban J connectivity index is 1.78. The number of halogens is 1. The second kappa shape index (κ2) is 7.52. The number of carbonyl (C=O) groups is 2. The molecule has 4 rings (SSSR count). The molecular weight excluding hydrogens is 381 g/mol. The van der Waals surface area contributed by atoms with Crippen LogP contribution >= 0.6 is 0 Å². The normalized spacial score (nSPS) is 20.5. The molecule has 0 bridgehead atoms. The Labute approximate surface area is 175 Å². The molecule has 1 aliphatic heterocycles. The fourth-order valence-corrected chi connectivity index (χ4v) is 4.36. The van der Waals surface area contributed by atoms with Crippen LogP contribution in [0.5, 0.6) is 0 Å². The Morgan fingerprint density at radius 1 is 1.13 bits per heavy atom. The van der Waals surface area contributed by atoms with E-state index < -0.39 is 5.92 Å². The number of nitrogens with one attached hydrogen (secondary N) is 2. The summed E-state index contributed by atoms with van der Waals surface area (Å²) in [6.07, 6.45) is 4.50. The number of pyridine rings is 1. The highest BCUT2D eigenvalue weighted by molar-refractivity contribution is 6.09. The van der Waals surface area contributed by atoms with Crippen LogP contribution in [-0.2, 0) is 9.59 Å². The minimum absolute atomic E-state index is 0.0511. The summed E-state index contributed by atoms with van der Waals surface area (Å²) in [5, 5.41) is 6.17. The Kier molecular flexibility index (Phi) is 5.02. The third kappa shape index (κ3) is 3.77. The maximum absolute atomic E-state index is 13.3. The molecule has 154 valence electrons.